The number of hydrogen-bond donors (Lipinski definition) is 0. The van der Waals surface area contributed by atoms with Crippen LogP contribution in [0.5, 0.6) is 5.75 Å². The summed E-state index contributed by atoms with van der Waals surface area (Å²) in [6, 6.07) is 5.42. The number of Topliss-reactive ketones (excluding diaryl/α,β-unsaturated/α-hetero) is 1. The third-order valence-corrected chi connectivity index (χ3v) is 3.62. The molecule has 4 nitrogen and oxygen atoms in total. The maximum Gasteiger partial charge on any atom is 0.323 e. The van der Waals surface area contributed by atoms with Gasteiger partial charge in [0.2, 0.25) is 0 Å². The van der Waals surface area contributed by atoms with Crippen molar-refractivity contribution in [1.82, 2.24) is 0 Å². The van der Waals surface area contributed by atoms with Gasteiger partial charge in [0.25, 0.3) is 0 Å². The Kier molecular flexibility index (Phi) is 3.11. The number of methoxy groups -OCH3 is 2. The summed E-state index contributed by atoms with van der Waals surface area (Å²) in [5.74, 6) is 0.140. The van der Waals surface area contributed by atoms with Crippen LogP contribution in [0.1, 0.15) is 24.5 Å². The lowest BCUT2D eigenvalue weighted by Gasteiger charge is -2.32. The Balaban J connectivity index is 2.58. The van der Waals surface area contributed by atoms with Crippen LogP contribution in [0.15, 0.2) is 18.2 Å². The zero-order valence-corrected chi connectivity index (χ0v) is 10.8. The fourth-order valence-corrected chi connectivity index (χ4v) is 2.47. The van der Waals surface area contributed by atoms with E-state index in [1.54, 1.807) is 26.2 Å². The zero-order chi connectivity index (χ0) is 13.3. The second-order valence-corrected chi connectivity index (χ2v) is 4.56. The number of fused-ring (bicyclic) bond motifs is 1. The average molecular weight is 248 g/mol. The molecule has 0 saturated heterocycles. The van der Waals surface area contributed by atoms with Gasteiger partial charge in [-0.25, -0.2) is 0 Å². The van der Waals surface area contributed by atoms with E-state index >= 15 is 0 Å². The first-order valence-electron chi connectivity index (χ1n) is 5.83. The highest BCUT2D eigenvalue weighted by Crippen LogP contribution is 2.37. The van der Waals surface area contributed by atoms with Gasteiger partial charge in [0, 0.05) is 6.42 Å². The monoisotopic (exact) mass is 248 g/mol. The first-order valence-corrected chi connectivity index (χ1v) is 5.83. The molecule has 1 aromatic rings. The molecular formula is C14H16O4. The van der Waals surface area contributed by atoms with Crippen molar-refractivity contribution in [2.75, 3.05) is 14.2 Å². The summed E-state index contributed by atoms with van der Waals surface area (Å²) in [7, 11) is 2.90. The molecule has 1 unspecified atom stereocenters. The summed E-state index contributed by atoms with van der Waals surface area (Å²) in [4.78, 5) is 24.0. The SMILES string of the molecule is COC(=O)C1(C)C(=O)CCc2cc(OC)ccc21. The van der Waals surface area contributed by atoms with Crippen molar-refractivity contribution >= 4 is 11.8 Å². The van der Waals surface area contributed by atoms with E-state index < -0.39 is 11.4 Å². The Morgan fingerprint density at radius 3 is 2.61 bits per heavy atom. The normalized spacial score (nSPS) is 22.3. The van der Waals surface area contributed by atoms with Gasteiger partial charge in [-0.1, -0.05) is 6.07 Å². The number of hydrogen-bond acceptors (Lipinski definition) is 4. The molecule has 96 valence electrons. The van der Waals surface area contributed by atoms with Crippen LogP contribution in [0, 0.1) is 0 Å². The third-order valence-electron chi connectivity index (χ3n) is 3.62. The van der Waals surface area contributed by atoms with E-state index in [0.29, 0.717) is 12.8 Å². The van der Waals surface area contributed by atoms with Crippen molar-refractivity contribution < 1.29 is 19.1 Å². The largest absolute Gasteiger partial charge is 0.497 e. The highest BCUT2D eigenvalue weighted by Gasteiger charge is 2.47. The summed E-state index contributed by atoms with van der Waals surface area (Å²) < 4.78 is 9.95. The number of carbonyl (C=O) groups excluding carboxylic acids is 2. The van der Waals surface area contributed by atoms with Crippen molar-refractivity contribution in [2.24, 2.45) is 0 Å². The molecule has 0 N–H and O–H groups in total. The minimum atomic E-state index is -1.19. The van der Waals surface area contributed by atoms with E-state index in [0.717, 1.165) is 16.9 Å². The molecule has 0 bridgehead atoms. The molecule has 1 aliphatic carbocycles. The van der Waals surface area contributed by atoms with Crippen LogP contribution in [-0.2, 0) is 26.2 Å². The molecule has 2 rings (SSSR count). The molecule has 0 fully saturated rings. The van der Waals surface area contributed by atoms with Crippen LogP contribution in [0.3, 0.4) is 0 Å². The Morgan fingerprint density at radius 2 is 2.00 bits per heavy atom. The molecule has 0 aliphatic heterocycles. The highest BCUT2D eigenvalue weighted by molar-refractivity contribution is 6.10. The predicted molar refractivity (Wildman–Crippen MR) is 65.7 cm³/mol. The van der Waals surface area contributed by atoms with Crippen molar-refractivity contribution in [3.05, 3.63) is 29.3 Å². The molecule has 1 atom stereocenters. The molecular weight excluding hydrogens is 232 g/mol. The zero-order valence-electron chi connectivity index (χ0n) is 10.8. The van der Waals surface area contributed by atoms with E-state index in [9.17, 15) is 9.59 Å². The van der Waals surface area contributed by atoms with E-state index in [2.05, 4.69) is 0 Å². The Bertz CT molecular complexity index is 507. The van der Waals surface area contributed by atoms with Crippen molar-refractivity contribution in [1.29, 1.82) is 0 Å². The molecule has 4 heteroatoms. The quantitative estimate of drug-likeness (QED) is 0.589. The van der Waals surface area contributed by atoms with E-state index in [1.165, 1.54) is 7.11 Å². The van der Waals surface area contributed by atoms with Gasteiger partial charge < -0.3 is 9.47 Å². The summed E-state index contributed by atoms with van der Waals surface area (Å²) >= 11 is 0. The second-order valence-electron chi connectivity index (χ2n) is 4.56. The smallest absolute Gasteiger partial charge is 0.323 e. The van der Waals surface area contributed by atoms with Gasteiger partial charge >= 0.3 is 5.97 Å². The maximum atomic E-state index is 12.1. The fraction of sp³-hybridized carbons (Fsp3) is 0.429. The highest BCUT2D eigenvalue weighted by atomic mass is 16.5. The fourth-order valence-electron chi connectivity index (χ4n) is 2.47. The number of esters is 1. The Morgan fingerprint density at radius 1 is 1.28 bits per heavy atom. The third kappa shape index (κ3) is 1.68. The van der Waals surface area contributed by atoms with Crippen LogP contribution in [0.2, 0.25) is 0 Å². The summed E-state index contributed by atoms with van der Waals surface area (Å²) in [6.07, 6.45) is 0.990. The lowest BCUT2D eigenvalue weighted by atomic mass is 9.70. The van der Waals surface area contributed by atoms with E-state index in [4.69, 9.17) is 9.47 Å². The van der Waals surface area contributed by atoms with Crippen LogP contribution >= 0.6 is 0 Å². The van der Waals surface area contributed by atoms with Crippen LogP contribution in [0.25, 0.3) is 0 Å². The molecule has 18 heavy (non-hydrogen) atoms. The predicted octanol–water partition coefficient (Wildman–Crippen LogP) is 1.64. The lowest BCUT2D eigenvalue weighted by Crippen LogP contribution is -2.45. The van der Waals surface area contributed by atoms with Crippen LogP contribution < -0.4 is 4.74 Å². The first-order chi connectivity index (χ1) is 8.53. The summed E-state index contributed by atoms with van der Waals surface area (Å²) in [5.41, 5.74) is 0.516. The maximum absolute atomic E-state index is 12.1. The molecule has 0 spiro atoms. The number of ketones is 1. The topological polar surface area (TPSA) is 52.6 Å². The molecule has 0 aromatic heterocycles. The van der Waals surface area contributed by atoms with E-state index in [-0.39, 0.29) is 5.78 Å². The van der Waals surface area contributed by atoms with Crippen molar-refractivity contribution in [2.45, 2.75) is 25.2 Å². The van der Waals surface area contributed by atoms with Crippen molar-refractivity contribution in [3.8, 4) is 5.75 Å². The molecule has 1 aromatic carbocycles. The van der Waals surface area contributed by atoms with Gasteiger partial charge in [-0.05, 0) is 36.6 Å². The Hall–Kier alpha value is -1.84. The molecule has 1 aliphatic rings. The van der Waals surface area contributed by atoms with Gasteiger partial charge in [0.15, 0.2) is 5.78 Å². The van der Waals surface area contributed by atoms with E-state index in [1.807, 2.05) is 6.07 Å². The molecule has 0 heterocycles. The number of carbonyl (C=O) groups is 2. The minimum absolute atomic E-state index is 0.0907. The molecule has 0 amide bonds. The molecule has 0 radical (unpaired) electrons. The van der Waals surface area contributed by atoms with Gasteiger partial charge in [-0.3, -0.25) is 9.59 Å². The van der Waals surface area contributed by atoms with Gasteiger partial charge in [-0.2, -0.15) is 0 Å². The van der Waals surface area contributed by atoms with Gasteiger partial charge in [-0.15, -0.1) is 0 Å². The lowest BCUT2D eigenvalue weighted by molar-refractivity contribution is -0.151. The van der Waals surface area contributed by atoms with Crippen LogP contribution in [0.4, 0.5) is 0 Å². The average Bonchev–Trinajstić information content (AvgIpc) is 2.41. The number of aryl methyl sites for hydroxylation is 1. The summed E-state index contributed by atoms with van der Waals surface area (Å²) in [6.45, 7) is 1.63. The standard InChI is InChI=1S/C14H16O4/c1-14(13(16)18-3)11-6-5-10(17-2)8-9(11)4-7-12(14)15/h5-6,8H,4,7H2,1-3H3. The summed E-state index contributed by atoms with van der Waals surface area (Å²) in [5, 5.41) is 0. The van der Waals surface area contributed by atoms with Gasteiger partial charge in [0.1, 0.15) is 11.2 Å². The molecule has 0 saturated carbocycles. The number of benzene rings is 1. The number of rotatable bonds is 2. The second kappa shape index (κ2) is 4.44. The minimum Gasteiger partial charge on any atom is -0.497 e. The van der Waals surface area contributed by atoms with Crippen molar-refractivity contribution in [3.63, 3.8) is 0 Å². The Labute approximate surface area is 106 Å². The van der Waals surface area contributed by atoms with Gasteiger partial charge in [0.05, 0.1) is 14.2 Å². The number of ether oxygens (including phenoxy) is 2. The van der Waals surface area contributed by atoms with Crippen LogP contribution in [-0.4, -0.2) is 26.0 Å². The first kappa shape index (κ1) is 12.6.